The highest BCUT2D eigenvalue weighted by atomic mass is 18.2. The molecule has 2 rings (SSSR count). The lowest BCUT2D eigenvalue weighted by Crippen LogP contribution is -2.60. The van der Waals surface area contributed by atoms with Gasteiger partial charge in [0.15, 0.2) is 24.5 Å². The van der Waals surface area contributed by atoms with E-state index in [0.717, 1.165) is 20.8 Å². The maximum Gasteiger partial charge on any atom is 0.303 e. The van der Waals surface area contributed by atoms with E-state index >= 15 is 0 Å². The van der Waals surface area contributed by atoms with Gasteiger partial charge in [-0.05, 0) is 0 Å². The number of esters is 4. The molecule has 0 amide bonds. The summed E-state index contributed by atoms with van der Waals surface area (Å²) in [6.07, 6.45) is -4.84. The van der Waals surface area contributed by atoms with Gasteiger partial charge < -0.3 is 23.7 Å². The molecule has 1 fully saturated rings. The molecule has 172 valence electrons. The van der Waals surface area contributed by atoms with Crippen LogP contribution < -0.4 is 0 Å². The van der Waals surface area contributed by atoms with Crippen LogP contribution >= 0.6 is 0 Å². The Morgan fingerprint density at radius 1 is 0.968 bits per heavy atom. The van der Waals surface area contributed by atoms with Crippen molar-refractivity contribution in [2.45, 2.75) is 64.8 Å². The summed E-state index contributed by atoms with van der Waals surface area (Å²) in [5.74, 6) is -2.84. The van der Waals surface area contributed by atoms with E-state index in [1.54, 1.807) is 0 Å². The number of rotatable bonds is 8. The van der Waals surface area contributed by atoms with Gasteiger partial charge in [-0.25, -0.2) is 4.68 Å². The molecular formula is C18H24FN3O9. The van der Waals surface area contributed by atoms with Crippen LogP contribution in [0.2, 0.25) is 0 Å². The summed E-state index contributed by atoms with van der Waals surface area (Å²) in [6.45, 7) is 3.52. The molecule has 12 nitrogen and oxygen atoms in total. The Kier molecular flexibility index (Phi) is 8.42. The molecule has 0 unspecified atom stereocenters. The van der Waals surface area contributed by atoms with Crippen LogP contribution in [-0.4, -0.2) is 76.6 Å². The maximum absolute atomic E-state index is 12.7. The molecule has 5 atom stereocenters. The summed E-state index contributed by atoms with van der Waals surface area (Å²) in [4.78, 5) is 46.5. The van der Waals surface area contributed by atoms with Crippen molar-refractivity contribution < 1.29 is 47.3 Å². The van der Waals surface area contributed by atoms with Crippen molar-refractivity contribution in [3.63, 3.8) is 0 Å². The Balaban J connectivity index is 2.49. The van der Waals surface area contributed by atoms with Crippen LogP contribution in [0.5, 0.6) is 0 Å². The van der Waals surface area contributed by atoms with E-state index in [1.807, 2.05) is 0 Å². The zero-order chi connectivity index (χ0) is 23.1. The fourth-order valence-corrected chi connectivity index (χ4v) is 3.07. The summed E-state index contributed by atoms with van der Waals surface area (Å²) in [5.41, 5.74) is 0.301. The lowest BCUT2D eigenvalue weighted by Gasteiger charge is -2.44. The normalized spacial score (nSPS) is 25.4. The summed E-state index contributed by atoms with van der Waals surface area (Å²) in [5, 5.41) is 7.69. The Morgan fingerprint density at radius 2 is 1.55 bits per heavy atom. The second-order valence-corrected chi connectivity index (χ2v) is 6.72. The average molecular weight is 444 g/mol. The van der Waals surface area contributed by atoms with Crippen LogP contribution in [-0.2, 0) is 49.3 Å². The van der Waals surface area contributed by atoms with E-state index in [9.17, 15) is 23.6 Å². The fourth-order valence-electron chi connectivity index (χ4n) is 3.07. The van der Waals surface area contributed by atoms with E-state index in [4.69, 9.17) is 23.7 Å². The van der Waals surface area contributed by atoms with Gasteiger partial charge in [0.05, 0.1) is 18.6 Å². The molecule has 1 aliphatic rings. The molecule has 0 bridgehead atoms. The molecule has 1 saturated heterocycles. The first-order valence-corrected chi connectivity index (χ1v) is 9.39. The van der Waals surface area contributed by atoms with Gasteiger partial charge in [0.25, 0.3) is 0 Å². The molecular weight excluding hydrogens is 420 g/mol. The minimum Gasteiger partial charge on any atom is -0.463 e. The lowest BCUT2D eigenvalue weighted by atomic mass is 9.97. The molecule has 0 saturated carbocycles. The lowest BCUT2D eigenvalue weighted by molar-refractivity contribution is -0.270. The predicted molar refractivity (Wildman–Crippen MR) is 96.9 cm³/mol. The minimum atomic E-state index is -1.32. The van der Waals surface area contributed by atoms with Crippen molar-refractivity contribution >= 4 is 23.9 Å². The SMILES string of the molecule is CC(=O)OC[C@H]1O[C@@H](n2cc(CC[18F])nn2)[C@H](OC(C)=O)[C@@H](OC(C)=O)[C@@H]1OC(C)=O. The van der Waals surface area contributed by atoms with Crippen LogP contribution in [0.25, 0.3) is 0 Å². The van der Waals surface area contributed by atoms with E-state index in [1.165, 1.54) is 17.8 Å². The van der Waals surface area contributed by atoms with Crippen molar-refractivity contribution in [3.8, 4) is 0 Å². The number of halogens is 1. The fraction of sp³-hybridized carbons (Fsp3) is 0.667. The summed E-state index contributed by atoms with van der Waals surface area (Å²) >= 11 is 0. The Labute approximate surface area is 176 Å². The number of ether oxygens (including phenoxy) is 5. The third kappa shape index (κ3) is 6.70. The Hall–Kier alpha value is -3.09. The van der Waals surface area contributed by atoms with Crippen LogP contribution in [0.15, 0.2) is 6.20 Å². The molecule has 1 aromatic rings. The third-order valence-electron chi connectivity index (χ3n) is 4.14. The monoisotopic (exact) mass is 444 g/mol. The van der Waals surface area contributed by atoms with Crippen LogP contribution in [0.1, 0.15) is 39.6 Å². The van der Waals surface area contributed by atoms with Gasteiger partial charge in [-0.2, -0.15) is 0 Å². The van der Waals surface area contributed by atoms with Crippen molar-refractivity contribution in [2.75, 3.05) is 13.3 Å². The third-order valence-corrected chi connectivity index (χ3v) is 4.14. The van der Waals surface area contributed by atoms with Crippen molar-refractivity contribution in [2.24, 2.45) is 0 Å². The largest absolute Gasteiger partial charge is 0.463 e. The number of carbonyl (C=O) groups is 4. The highest BCUT2D eigenvalue weighted by Crippen LogP contribution is 2.34. The topological polar surface area (TPSA) is 145 Å². The summed E-state index contributed by atoms with van der Waals surface area (Å²) < 4.78 is 40.6. The van der Waals surface area contributed by atoms with Gasteiger partial charge in [-0.1, -0.05) is 5.21 Å². The number of hydrogen-bond donors (Lipinski definition) is 0. The first-order chi connectivity index (χ1) is 14.6. The van der Waals surface area contributed by atoms with Gasteiger partial charge in [-0.3, -0.25) is 23.6 Å². The van der Waals surface area contributed by atoms with E-state index < -0.39 is 61.2 Å². The van der Waals surface area contributed by atoms with Crippen molar-refractivity contribution in [1.82, 2.24) is 15.0 Å². The van der Waals surface area contributed by atoms with Crippen LogP contribution in [0.3, 0.4) is 0 Å². The molecule has 0 radical (unpaired) electrons. The van der Waals surface area contributed by atoms with E-state index in [-0.39, 0.29) is 13.0 Å². The van der Waals surface area contributed by atoms with Gasteiger partial charge in [-0.15, -0.1) is 5.10 Å². The number of hydrogen-bond acceptors (Lipinski definition) is 11. The smallest absolute Gasteiger partial charge is 0.303 e. The minimum absolute atomic E-state index is 0.00866. The molecule has 2 heterocycles. The van der Waals surface area contributed by atoms with Gasteiger partial charge >= 0.3 is 23.9 Å². The van der Waals surface area contributed by atoms with E-state index in [0.29, 0.717) is 5.69 Å². The van der Waals surface area contributed by atoms with E-state index in [2.05, 4.69) is 10.3 Å². The number of nitrogens with zero attached hydrogens (tertiary/aromatic N) is 3. The van der Waals surface area contributed by atoms with Crippen molar-refractivity contribution in [1.29, 1.82) is 0 Å². The first-order valence-electron chi connectivity index (χ1n) is 9.39. The summed E-state index contributed by atoms with van der Waals surface area (Å²) in [6, 6.07) is 0. The standard InChI is InChI=1S/C18H24FN3O9/c1-9(23)27-8-14-15(28-10(2)24)16(29-11(3)25)17(30-12(4)26)18(31-14)22-7-13(5-6-19)20-21-22/h7,14-18H,5-6,8H2,1-4H3/t14-,15-,16+,17-,18-/m1/s1/i19-1. The molecule has 0 N–H and O–H groups in total. The zero-order valence-electron chi connectivity index (χ0n) is 17.5. The quantitative estimate of drug-likeness (QED) is 0.396. The number of carbonyl (C=O) groups excluding carboxylic acids is 4. The highest BCUT2D eigenvalue weighted by Gasteiger charge is 2.53. The molecule has 1 aromatic heterocycles. The number of aromatic nitrogens is 3. The maximum atomic E-state index is 12.7. The van der Waals surface area contributed by atoms with Gasteiger partial charge in [0.1, 0.15) is 12.7 Å². The summed E-state index contributed by atoms with van der Waals surface area (Å²) in [7, 11) is 0. The second-order valence-electron chi connectivity index (χ2n) is 6.72. The Bertz CT molecular complexity index is 815. The average Bonchev–Trinajstić information content (AvgIpc) is 3.11. The number of alkyl halides is 1. The molecule has 31 heavy (non-hydrogen) atoms. The first kappa shape index (κ1) is 24.2. The highest BCUT2D eigenvalue weighted by molar-refractivity contribution is 5.68. The van der Waals surface area contributed by atoms with Gasteiger partial charge in [0.2, 0.25) is 0 Å². The molecule has 1 aliphatic heterocycles. The predicted octanol–water partition coefficient (Wildman–Crippen LogP) is 0.0457. The van der Waals surface area contributed by atoms with Crippen LogP contribution in [0.4, 0.5) is 4.39 Å². The molecule has 0 spiro atoms. The molecule has 13 heteroatoms. The zero-order valence-corrected chi connectivity index (χ0v) is 17.5. The molecule has 0 aliphatic carbocycles. The second kappa shape index (κ2) is 10.8. The van der Waals surface area contributed by atoms with Crippen LogP contribution in [0, 0.1) is 0 Å². The Morgan fingerprint density at radius 3 is 2.10 bits per heavy atom. The van der Waals surface area contributed by atoms with Crippen molar-refractivity contribution in [3.05, 3.63) is 11.9 Å². The number of aryl methyl sites for hydroxylation is 1. The van der Waals surface area contributed by atoms with Gasteiger partial charge in [0, 0.05) is 34.1 Å². The molecule has 0 aromatic carbocycles.